The van der Waals surface area contributed by atoms with Gasteiger partial charge in [-0.15, -0.1) is 0 Å². The van der Waals surface area contributed by atoms with Crippen molar-refractivity contribution >= 4 is 11.8 Å². The molecule has 168 valence electrons. The number of hydrogen-bond donors (Lipinski definition) is 0. The second-order valence-electron chi connectivity index (χ2n) is 7.65. The number of carbonyl (C=O) groups is 2. The van der Waals surface area contributed by atoms with E-state index < -0.39 is 11.7 Å². The number of halogens is 3. The number of alkyl halides is 3. The van der Waals surface area contributed by atoms with Gasteiger partial charge in [0.05, 0.1) is 11.1 Å². The van der Waals surface area contributed by atoms with E-state index in [4.69, 9.17) is 8.83 Å². The van der Waals surface area contributed by atoms with E-state index in [2.05, 4.69) is 0 Å². The average molecular weight is 446 g/mol. The first-order chi connectivity index (χ1) is 15.1. The first kappa shape index (κ1) is 21.7. The van der Waals surface area contributed by atoms with Crippen LogP contribution in [0.25, 0.3) is 11.3 Å². The Kier molecular flexibility index (Phi) is 5.58. The normalized spacial score (nSPS) is 14.7. The Hall–Kier alpha value is -3.49. The summed E-state index contributed by atoms with van der Waals surface area (Å²) < 4.78 is 49.2. The maximum absolute atomic E-state index is 12.8. The molecule has 0 atom stereocenters. The summed E-state index contributed by atoms with van der Waals surface area (Å²) in [6.07, 6.45) is -4.42. The van der Waals surface area contributed by atoms with Crippen LogP contribution in [0.5, 0.6) is 0 Å². The monoisotopic (exact) mass is 446 g/mol. The van der Waals surface area contributed by atoms with Crippen LogP contribution in [0.4, 0.5) is 13.2 Å². The number of piperazine rings is 1. The van der Waals surface area contributed by atoms with Crippen molar-refractivity contribution in [2.75, 3.05) is 26.2 Å². The summed E-state index contributed by atoms with van der Waals surface area (Å²) in [5.74, 6) is 1.18. The van der Waals surface area contributed by atoms with Crippen LogP contribution < -0.4 is 0 Å². The molecule has 3 aromatic rings. The van der Waals surface area contributed by atoms with Gasteiger partial charge in [-0.3, -0.25) is 9.59 Å². The zero-order chi connectivity index (χ0) is 23.0. The molecule has 1 fully saturated rings. The van der Waals surface area contributed by atoms with Gasteiger partial charge in [0.1, 0.15) is 17.3 Å². The third kappa shape index (κ3) is 4.28. The van der Waals surface area contributed by atoms with Gasteiger partial charge in [0.25, 0.3) is 11.8 Å². The van der Waals surface area contributed by atoms with E-state index >= 15 is 0 Å². The van der Waals surface area contributed by atoms with Gasteiger partial charge in [-0.25, -0.2) is 0 Å². The number of rotatable bonds is 3. The van der Waals surface area contributed by atoms with E-state index in [-0.39, 0.29) is 17.6 Å². The molecule has 0 aliphatic carbocycles. The Balaban J connectivity index is 1.39. The molecule has 4 rings (SSSR count). The fourth-order valence-electron chi connectivity index (χ4n) is 3.71. The highest BCUT2D eigenvalue weighted by molar-refractivity contribution is 5.96. The second kappa shape index (κ2) is 8.22. The van der Waals surface area contributed by atoms with Crippen LogP contribution in [0.2, 0.25) is 0 Å². The van der Waals surface area contributed by atoms with E-state index in [1.807, 2.05) is 0 Å². The molecule has 1 aliphatic heterocycles. The van der Waals surface area contributed by atoms with Crippen LogP contribution in [-0.2, 0) is 6.18 Å². The minimum absolute atomic E-state index is 0.0981. The van der Waals surface area contributed by atoms with E-state index in [0.717, 1.165) is 12.1 Å². The lowest BCUT2D eigenvalue weighted by atomic mass is 10.1. The van der Waals surface area contributed by atoms with Crippen molar-refractivity contribution in [2.24, 2.45) is 0 Å². The molecule has 6 nitrogen and oxygen atoms in total. The van der Waals surface area contributed by atoms with E-state index in [9.17, 15) is 22.8 Å². The van der Waals surface area contributed by atoms with E-state index in [0.29, 0.717) is 54.6 Å². The molecule has 0 spiro atoms. The zero-order valence-electron chi connectivity index (χ0n) is 17.5. The summed E-state index contributed by atoms with van der Waals surface area (Å²) >= 11 is 0. The van der Waals surface area contributed by atoms with Crippen LogP contribution in [0, 0.1) is 13.8 Å². The molecular formula is C23H21F3N2O4. The van der Waals surface area contributed by atoms with Gasteiger partial charge >= 0.3 is 6.18 Å². The first-order valence-corrected chi connectivity index (χ1v) is 10.1. The summed E-state index contributed by atoms with van der Waals surface area (Å²) in [4.78, 5) is 28.8. The third-order valence-electron chi connectivity index (χ3n) is 5.44. The van der Waals surface area contributed by atoms with Gasteiger partial charge in [-0.2, -0.15) is 13.2 Å². The number of nitrogens with zero attached hydrogens (tertiary/aromatic N) is 2. The van der Waals surface area contributed by atoms with Crippen molar-refractivity contribution in [3.05, 3.63) is 70.9 Å². The molecule has 9 heteroatoms. The maximum atomic E-state index is 12.8. The molecule has 0 saturated carbocycles. The fraction of sp³-hybridized carbons (Fsp3) is 0.304. The SMILES string of the molecule is Cc1cc(C(=O)N2CCN(C(=O)c3ccc(-c4ccc(C(F)(F)F)cc4)o3)CC2)c(C)o1. The molecule has 0 radical (unpaired) electrons. The molecular weight excluding hydrogens is 425 g/mol. The molecule has 32 heavy (non-hydrogen) atoms. The minimum Gasteiger partial charge on any atom is -0.466 e. The lowest BCUT2D eigenvalue weighted by molar-refractivity contribution is -0.137. The Morgan fingerprint density at radius 1 is 0.844 bits per heavy atom. The van der Waals surface area contributed by atoms with Gasteiger partial charge in [-0.1, -0.05) is 12.1 Å². The molecule has 3 heterocycles. The van der Waals surface area contributed by atoms with Gasteiger partial charge in [0.2, 0.25) is 0 Å². The number of hydrogen-bond acceptors (Lipinski definition) is 4. The van der Waals surface area contributed by atoms with Crippen molar-refractivity contribution in [2.45, 2.75) is 20.0 Å². The fourth-order valence-corrected chi connectivity index (χ4v) is 3.71. The largest absolute Gasteiger partial charge is 0.466 e. The molecule has 0 bridgehead atoms. The quantitative estimate of drug-likeness (QED) is 0.581. The third-order valence-corrected chi connectivity index (χ3v) is 5.44. The first-order valence-electron chi connectivity index (χ1n) is 10.1. The molecule has 1 aromatic carbocycles. The molecule has 1 aliphatic rings. The smallest absolute Gasteiger partial charge is 0.416 e. The van der Waals surface area contributed by atoms with Crippen LogP contribution in [-0.4, -0.2) is 47.8 Å². The Morgan fingerprint density at radius 2 is 1.44 bits per heavy atom. The van der Waals surface area contributed by atoms with Crippen LogP contribution in [0.15, 0.2) is 51.3 Å². The summed E-state index contributed by atoms with van der Waals surface area (Å²) in [5.41, 5.74) is 0.213. The average Bonchev–Trinajstić information content (AvgIpc) is 3.39. The van der Waals surface area contributed by atoms with Crippen molar-refractivity contribution in [3.63, 3.8) is 0 Å². The van der Waals surface area contributed by atoms with Gasteiger partial charge in [0.15, 0.2) is 5.76 Å². The predicted molar refractivity (Wildman–Crippen MR) is 109 cm³/mol. The number of carbonyl (C=O) groups excluding carboxylic acids is 2. The summed E-state index contributed by atoms with van der Waals surface area (Å²) in [7, 11) is 0. The molecule has 0 unspecified atom stereocenters. The van der Waals surface area contributed by atoms with Crippen molar-refractivity contribution < 1.29 is 31.6 Å². The standard InChI is InChI=1S/C23H21F3N2O4/c1-14-13-18(15(2)31-14)21(29)27-9-11-28(12-10-27)22(30)20-8-7-19(32-20)16-3-5-17(6-4-16)23(24,25)26/h3-8,13H,9-12H2,1-2H3. The summed E-state index contributed by atoms with van der Waals surface area (Å²) in [5, 5.41) is 0. The molecule has 2 aromatic heterocycles. The van der Waals surface area contributed by atoms with E-state index in [1.54, 1.807) is 35.8 Å². The minimum atomic E-state index is -4.42. The summed E-state index contributed by atoms with van der Waals surface area (Å²) in [6, 6.07) is 9.32. The molecule has 1 saturated heterocycles. The highest BCUT2D eigenvalue weighted by Crippen LogP contribution is 2.31. The van der Waals surface area contributed by atoms with Crippen molar-refractivity contribution in [1.82, 2.24) is 9.80 Å². The Morgan fingerprint density at radius 3 is 1.97 bits per heavy atom. The van der Waals surface area contributed by atoms with Gasteiger partial charge in [-0.05, 0) is 44.2 Å². The van der Waals surface area contributed by atoms with Crippen molar-refractivity contribution in [3.8, 4) is 11.3 Å². The lowest BCUT2D eigenvalue weighted by Crippen LogP contribution is -2.50. The number of aryl methyl sites for hydroxylation is 2. The summed E-state index contributed by atoms with van der Waals surface area (Å²) in [6.45, 7) is 4.96. The topological polar surface area (TPSA) is 66.9 Å². The Bertz CT molecular complexity index is 1140. The second-order valence-corrected chi connectivity index (χ2v) is 7.65. The van der Waals surface area contributed by atoms with Crippen LogP contribution in [0.1, 0.15) is 38.0 Å². The van der Waals surface area contributed by atoms with E-state index in [1.165, 1.54) is 18.2 Å². The number of furan rings is 2. The molecule has 2 amide bonds. The Labute approximate surface area is 182 Å². The highest BCUT2D eigenvalue weighted by atomic mass is 19.4. The number of amides is 2. The van der Waals surface area contributed by atoms with Crippen LogP contribution >= 0.6 is 0 Å². The van der Waals surface area contributed by atoms with Crippen LogP contribution in [0.3, 0.4) is 0 Å². The maximum Gasteiger partial charge on any atom is 0.416 e. The molecule has 0 N–H and O–H groups in total. The lowest BCUT2D eigenvalue weighted by Gasteiger charge is -2.34. The number of benzene rings is 1. The predicted octanol–water partition coefficient (Wildman–Crippen LogP) is 4.77. The van der Waals surface area contributed by atoms with Crippen molar-refractivity contribution in [1.29, 1.82) is 0 Å². The van der Waals surface area contributed by atoms with Gasteiger partial charge in [0, 0.05) is 31.7 Å². The van der Waals surface area contributed by atoms with Gasteiger partial charge < -0.3 is 18.6 Å². The zero-order valence-corrected chi connectivity index (χ0v) is 17.5. The highest BCUT2D eigenvalue weighted by Gasteiger charge is 2.31.